The second kappa shape index (κ2) is 39.9. The van der Waals surface area contributed by atoms with Crippen LogP contribution in [-0.2, 0) is 83.7 Å². The molecule has 2 fully saturated rings. The van der Waals surface area contributed by atoms with E-state index in [1.165, 1.54) is 9.80 Å². The number of allylic oxidation sites excluding steroid dienone is 1. The third-order valence-corrected chi connectivity index (χ3v) is 23.4. The maximum atomic E-state index is 15.7. The fourth-order valence-electron chi connectivity index (χ4n) is 14.9. The van der Waals surface area contributed by atoms with Crippen LogP contribution in [0.2, 0.25) is 0 Å². The Hall–Kier alpha value is -11.1. The van der Waals surface area contributed by atoms with Gasteiger partial charge in [-0.15, -0.1) is 0 Å². The van der Waals surface area contributed by atoms with Crippen molar-refractivity contribution in [1.29, 1.82) is 0 Å². The van der Waals surface area contributed by atoms with Gasteiger partial charge in [0.15, 0.2) is 0 Å². The minimum atomic E-state index is -4.38. The molecule has 632 valence electrons. The van der Waals surface area contributed by atoms with Gasteiger partial charge < -0.3 is 72.0 Å². The Bertz CT molecular complexity index is 4850. The molecule has 6 aromatic rings. The summed E-state index contributed by atoms with van der Waals surface area (Å²) < 4.78 is 41.6. The van der Waals surface area contributed by atoms with Gasteiger partial charge in [-0.25, -0.2) is 13.2 Å². The summed E-state index contributed by atoms with van der Waals surface area (Å²) in [6, 6.07) is 26.7. The van der Waals surface area contributed by atoms with E-state index in [2.05, 4.69) is 47.3 Å². The number of carbonyl (C=O) groups excluding carboxylic acids is 9. The molecule has 118 heavy (non-hydrogen) atoms. The molecular weight excluding hydrogens is 1530 g/mol. The van der Waals surface area contributed by atoms with Gasteiger partial charge in [0, 0.05) is 70.1 Å². The van der Waals surface area contributed by atoms with Gasteiger partial charge in [0.05, 0.1) is 23.9 Å². The zero-order chi connectivity index (χ0) is 85.3. The number of nitrogens with one attached hydrogen (secondary N) is 9. The highest BCUT2D eigenvalue weighted by Crippen LogP contribution is 2.34. The first kappa shape index (κ1) is 89.3. The van der Waals surface area contributed by atoms with Crippen LogP contribution in [0.15, 0.2) is 162 Å². The summed E-state index contributed by atoms with van der Waals surface area (Å²) in [5.41, 5.74) is 1.93. The summed E-state index contributed by atoms with van der Waals surface area (Å²) in [6.45, 7) is 15.6. The lowest BCUT2D eigenvalue weighted by molar-refractivity contribution is -0.145. The highest BCUT2D eigenvalue weighted by Gasteiger charge is 2.49. The van der Waals surface area contributed by atoms with Crippen molar-refractivity contribution in [1.82, 2.24) is 62.1 Å². The predicted molar refractivity (Wildman–Crippen MR) is 449 cm³/mol. The molecule has 7 aliphatic heterocycles. The topological polar surface area (TPSA) is 394 Å². The summed E-state index contributed by atoms with van der Waals surface area (Å²) in [4.78, 5) is 150. The van der Waals surface area contributed by atoms with Crippen molar-refractivity contribution < 1.29 is 76.0 Å². The van der Waals surface area contributed by atoms with Crippen molar-refractivity contribution in [3.63, 3.8) is 0 Å². The first-order valence-corrected chi connectivity index (χ1v) is 42.0. The van der Waals surface area contributed by atoms with Crippen LogP contribution in [0.4, 0.5) is 0 Å². The number of amides is 9. The van der Waals surface area contributed by atoms with Crippen molar-refractivity contribution in [2.45, 2.75) is 193 Å². The number of likely N-dealkylation sites (tertiary alicyclic amines) is 2. The molecule has 6 aromatic carbocycles. The van der Waals surface area contributed by atoms with E-state index in [1.54, 1.807) is 141 Å². The molecule has 0 aromatic heterocycles. The van der Waals surface area contributed by atoms with Gasteiger partial charge in [0.1, 0.15) is 73.0 Å². The molecule has 0 radical (unpaired) electrons. The molecule has 2 saturated heterocycles. The van der Waals surface area contributed by atoms with Crippen molar-refractivity contribution in [3.8, 4) is 11.5 Å². The molecule has 7 aliphatic rings. The largest absolute Gasteiger partial charge is 0.490 e. The number of carbonyl (C=O) groups is 10. The van der Waals surface area contributed by atoms with E-state index in [0.29, 0.717) is 53.0 Å². The Balaban J connectivity index is 1.02. The summed E-state index contributed by atoms with van der Waals surface area (Å²) in [6.07, 6.45) is 5.81. The Labute approximate surface area is 689 Å². The Kier molecular flexibility index (Phi) is 30.2. The Morgan fingerprint density at radius 3 is 1.58 bits per heavy atom. The van der Waals surface area contributed by atoms with E-state index in [0.717, 1.165) is 32.8 Å². The molecule has 12 unspecified atom stereocenters. The number of aliphatic hydroxyl groups excluding tert-OH is 1. The van der Waals surface area contributed by atoms with Gasteiger partial charge in [0.2, 0.25) is 57.3 Å². The number of nitrogens with zero attached hydrogens (tertiary/aromatic N) is 4. The maximum absolute atomic E-state index is 15.7. The number of carboxylic acids is 1. The zero-order valence-electron chi connectivity index (χ0n) is 69.0. The number of sulfonamides is 1. The predicted octanol–water partition coefficient (Wildman–Crippen LogP) is 5.65. The monoisotopic (exact) mass is 1640 g/mol. The number of benzene rings is 6. The van der Waals surface area contributed by atoms with E-state index in [1.807, 2.05) is 91.9 Å². The molecule has 0 aliphatic carbocycles. The van der Waals surface area contributed by atoms with Gasteiger partial charge in [-0.2, -0.15) is 5.10 Å². The standard InChI is InChI=1S/C88H113N13O16S/c1-12-65-42-60-50-101(97-65)66-48-74(100(51-66)85(111)76(88(7,8)9)96-78(104)54(3)90-11)83(109)93-69(45-57-25-31-61-21-13-15-23-63(61)40-57)79(105)91-71(81(107)98-118(114,115)39-19-37-102)43-55-27-33-67(34-28-55)116-38-18-17-20-59-47-73(99(49-59)84(110)75(87(4,5)6)95-77(103)53(2)89-10)82(108)92-70(46-58-26-32-62-22-14-16-24-64(62)41-58)80(106)94-72(86(112)113)44-56-29-35-68(36-30-56)117-52-60/h13-18,21-36,40-41,50,53-54,59,66,69-76,89-90,102H,12,19-20,37-39,42-49,51-52H2,1-11H3,(H,91,105)(H,92,108)(H,93,109)(H,94,106)(H,95,103)(H,96,104)(H,98,107)(H,112,113). The van der Waals surface area contributed by atoms with Crippen molar-refractivity contribution in [3.05, 3.63) is 180 Å². The molecule has 0 spiro atoms. The normalized spacial score (nSPS) is 22.0. The second-order valence-corrected chi connectivity index (χ2v) is 35.1. The molecule has 13 rings (SSSR count). The molecular formula is C88H113N13O16S. The van der Waals surface area contributed by atoms with E-state index in [9.17, 15) is 42.6 Å². The van der Waals surface area contributed by atoms with Crippen molar-refractivity contribution in [2.24, 2.45) is 21.8 Å². The van der Waals surface area contributed by atoms with Crippen LogP contribution in [0.5, 0.6) is 11.5 Å². The minimum Gasteiger partial charge on any atom is -0.490 e. The van der Waals surface area contributed by atoms with Gasteiger partial charge in [-0.3, -0.25) is 52.9 Å². The zero-order valence-corrected chi connectivity index (χ0v) is 69.8. The van der Waals surface area contributed by atoms with Crippen LogP contribution >= 0.6 is 0 Å². The van der Waals surface area contributed by atoms with Crippen molar-refractivity contribution >= 4 is 96.4 Å². The smallest absolute Gasteiger partial charge is 0.326 e. The van der Waals surface area contributed by atoms with Crippen molar-refractivity contribution in [2.75, 3.05) is 52.8 Å². The average molecular weight is 1640 g/mol. The van der Waals surface area contributed by atoms with Crippen LogP contribution in [0.3, 0.4) is 0 Å². The molecule has 30 heteroatoms. The highest BCUT2D eigenvalue weighted by molar-refractivity contribution is 7.90. The molecule has 11 N–H and O–H groups in total. The number of rotatable bonds is 19. The Morgan fingerprint density at radius 1 is 0.602 bits per heavy atom. The van der Waals surface area contributed by atoms with Crippen LogP contribution < -0.4 is 56.7 Å². The molecule has 10 bridgehead atoms. The molecule has 7 heterocycles. The van der Waals surface area contributed by atoms with E-state index < -0.39 is 159 Å². The maximum Gasteiger partial charge on any atom is 0.326 e. The number of ether oxygens (including phenoxy) is 2. The number of fused-ring (bicyclic) bond motifs is 2. The molecule has 29 nitrogen and oxygen atoms in total. The SMILES string of the molecule is CCC1=NN2C=C(COc3ccc(cc3)CC(C(=O)O)NC(=O)C(Cc3ccc4ccccc4c3)NC(=O)C3CC(CC=CCOc4ccc(cc4)CC(C(=O)NS(=O)(=O)CCCO)NC(=O)C(Cc4ccc5ccccc5c4)NC(=O)C4CC2CN4C(=O)C(NC(=O)C(C)NC)C(C)(C)C)CN3C(=O)C(NC(=O)C(C)NC)C(C)(C)C)C1. The number of aliphatic carboxylic acids is 1. The van der Waals surface area contributed by atoms with Crippen LogP contribution in [-0.4, -0.2) is 218 Å². The van der Waals surface area contributed by atoms with Crippen LogP contribution in [0.25, 0.3) is 21.5 Å². The number of likely N-dealkylation sites (N-methyl/N-ethyl adjacent to an activating group) is 2. The Morgan fingerprint density at radius 2 is 1.08 bits per heavy atom. The van der Waals surface area contributed by atoms with Gasteiger partial charge in [-0.1, -0.05) is 170 Å². The number of aliphatic hydroxyl groups is 1. The lowest BCUT2D eigenvalue weighted by atomic mass is 9.85. The number of hydrogen-bond donors (Lipinski definition) is 11. The summed E-state index contributed by atoms with van der Waals surface area (Å²) in [7, 11) is -1.16. The minimum absolute atomic E-state index is 0.0289. The van der Waals surface area contributed by atoms with Crippen LogP contribution in [0, 0.1) is 16.7 Å². The highest BCUT2D eigenvalue weighted by atomic mass is 32.2. The average Bonchev–Trinajstić information content (AvgIpc) is 1.62. The fourth-order valence-corrected chi connectivity index (χ4v) is 16.0. The van der Waals surface area contributed by atoms with Gasteiger partial charge >= 0.3 is 5.97 Å². The lowest BCUT2D eigenvalue weighted by Crippen LogP contribution is -2.61. The third-order valence-electron chi connectivity index (χ3n) is 22.1. The summed E-state index contributed by atoms with van der Waals surface area (Å²) >= 11 is 0. The number of hydrogen-bond acceptors (Lipinski definition) is 19. The number of carboxylic acid groups (broad SMARTS) is 1. The van der Waals surface area contributed by atoms with Gasteiger partial charge in [0.25, 0.3) is 5.91 Å². The third kappa shape index (κ3) is 23.9. The fraction of sp³-hybridized carbons (Fsp3) is 0.466. The summed E-state index contributed by atoms with van der Waals surface area (Å²) in [5.74, 6) is -7.77. The van der Waals surface area contributed by atoms with E-state index in [-0.39, 0.29) is 77.2 Å². The second-order valence-electron chi connectivity index (χ2n) is 33.2. The molecule has 9 amide bonds. The first-order valence-electron chi connectivity index (χ1n) is 40.3. The quantitative estimate of drug-likeness (QED) is 0.0436. The van der Waals surface area contributed by atoms with E-state index in [4.69, 9.17) is 14.6 Å². The van der Waals surface area contributed by atoms with Crippen LogP contribution in [0.1, 0.15) is 123 Å². The lowest BCUT2D eigenvalue weighted by Gasteiger charge is -2.36. The van der Waals surface area contributed by atoms with E-state index >= 15 is 24.0 Å². The molecule has 12 atom stereocenters. The summed E-state index contributed by atoms with van der Waals surface area (Å²) in [5, 5.41) is 53.8. The first-order chi connectivity index (χ1) is 56.1. The molecule has 0 saturated carbocycles. The van der Waals surface area contributed by atoms with Gasteiger partial charge in [-0.05, 0) is 144 Å². The number of hydrazone groups is 1.